The third-order valence-electron chi connectivity index (χ3n) is 2.32. The molecule has 0 aliphatic heterocycles. The molecule has 0 aromatic heterocycles. The molecule has 0 spiro atoms. The molecule has 1 aromatic rings. The van der Waals surface area contributed by atoms with E-state index >= 15 is 0 Å². The molecule has 0 saturated carbocycles. The van der Waals surface area contributed by atoms with Gasteiger partial charge in [0.15, 0.2) is 0 Å². The number of rotatable bonds is 5. The van der Waals surface area contributed by atoms with Crippen LogP contribution >= 0.6 is 0 Å². The highest BCUT2D eigenvalue weighted by Gasteiger charge is 2.02. The van der Waals surface area contributed by atoms with Crippen molar-refractivity contribution in [2.75, 3.05) is 18.5 Å². The van der Waals surface area contributed by atoms with E-state index in [0.29, 0.717) is 18.5 Å². The van der Waals surface area contributed by atoms with E-state index in [2.05, 4.69) is 6.07 Å². The number of nitrogens with zero attached hydrogens (tertiary/aromatic N) is 2. The lowest BCUT2D eigenvalue weighted by Crippen LogP contribution is -2.19. The Balaban J connectivity index is 2.49. The van der Waals surface area contributed by atoms with Crippen molar-refractivity contribution in [1.29, 1.82) is 5.26 Å². The summed E-state index contributed by atoms with van der Waals surface area (Å²) in [6.45, 7) is 0.693. The summed E-state index contributed by atoms with van der Waals surface area (Å²) in [7, 11) is 1.91. The summed E-state index contributed by atoms with van der Waals surface area (Å²) in [5.41, 5.74) is 1.62. The number of hydrogen-bond donors (Lipinski definition) is 1. The van der Waals surface area contributed by atoms with Crippen LogP contribution < -0.4 is 4.90 Å². The Morgan fingerprint density at radius 3 is 2.56 bits per heavy atom. The Bertz CT molecular complexity index is 392. The molecule has 1 aromatic carbocycles. The molecule has 0 bridgehead atoms. The van der Waals surface area contributed by atoms with Gasteiger partial charge in [-0.1, -0.05) is 0 Å². The van der Waals surface area contributed by atoms with E-state index in [1.165, 1.54) is 0 Å². The fourth-order valence-electron chi connectivity index (χ4n) is 1.39. The van der Waals surface area contributed by atoms with Gasteiger partial charge in [-0.3, -0.25) is 4.79 Å². The lowest BCUT2D eigenvalue weighted by atomic mass is 10.2. The molecule has 0 radical (unpaired) electrons. The maximum Gasteiger partial charge on any atom is 0.303 e. The SMILES string of the molecule is CN(CCCC(=O)O)c1ccc(C#N)cc1. The lowest BCUT2D eigenvalue weighted by molar-refractivity contribution is -0.137. The third-order valence-corrected chi connectivity index (χ3v) is 2.32. The Labute approximate surface area is 94.7 Å². The molecule has 1 rings (SSSR count). The van der Waals surface area contributed by atoms with Gasteiger partial charge in [-0.05, 0) is 30.7 Å². The molecule has 0 amide bonds. The number of carboxylic acids is 1. The Kier molecular flexibility index (Phi) is 4.34. The molecular weight excluding hydrogens is 204 g/mol. The fraction of sp³-hybridized carbons (Fsp3) is 0.333. The van der Waals surface area contributed by atoms with E-state index in [9.17, 15) is 4.79 Å². The van der Waals surface area contributed by atoms with Crippen LogP contribution in [0.15, 0.2) is 24.3 Å². The zero-order chi connectivity index (χ0) is 12.0. The fourth-order valence-corrected chi connectivity index (χ4v) is 1.39. The van der Waals surface area contributed by atoms with Crippen molar-refractivity contribution < 1.29 is 9.90 Å². The van der Waals surface area contributed by atoms with Gasteiger partial charge in [0, 0.05) is 25.7 Å². The summed E-state index contributed by atoms with van der Waals surface area (Å²) < 4.78 is 0. The van der Waals surface area contributed by atoms with Crippen LogP contribution in [0, 0.1) is 11.3 Å². The first-order valence-electron chi connectivity index (χ1n) is 5.06. The minimum atomic E-state index is -0.770. The zero-order valence-corrected chi connectivity index (χ0v) is 9.18. The van der Waals surface area contributed by atoms with Crippen molar-refractivity contribution in [2.24, 2.45) is 0 Å². The number of benzene rings is 1. The molecule has 16 heavy (non-hydrogen) atoms. The van der Waals surface area contributed by atoms with Crippen molar-refractivity contribution in [3.05, 3.63) is 29.8 Å². The molecule has 84 valence electrons. The van der Waals surface area contributed by atoms with Crippen LogP contribution in [0.2, 0.25) is 0 Å². The van der Waals surface area contributed by atoms with Crippen LogP contribution in [-0.4, -0.2) is 24.7 Å². The molecule has 1 N–H and O–H groups in total. The molecule has 0 unspecified atom stereocenters. The van der Waals surface area contributed by atoms with E-state index in [4.69, 9.17) is 10.4 Å². The maximum absolute atomic E-state index is 10.3. The van der Waals surface area contributed by atoms with Gasteiger partial charge in [0.25, 0.3) is 0 Å². The number of carboxylic acid groups (broad SMARTS) is 1. The van der Waals surface area contributed by atoms with Crippen molar-refractivity contribution in [3.63, 3.8) is 0 Å². The standard InChI is InChI=1S/C12H14N2O2/c1-14(8-2-3-12(15)16)11-6-4-10(9-13)5-7-11/h4-7H,2-3,8H2,1H3,(H,15,16). The van der Waals surface area contributed by atoms with Gasteiger partial charge in [0.2, 0.25) is 0 Å². The third kappa shape index (κ3) is 3.62. The molecular formula is C12H14N2O2. The van der Waals surface area contributed by atoms with Crippen LogP contribution in [-0.2, 0) is 4.79 Å². The van der Waals surface area contributed by atoms with Gasteiger partial charge in [-0.25, -0.2) is 0 Å². The number of hydrogen-bond acceptors (Lipinski definition) is 3. The Morgan fingerprint density at radius 1 is 1.44 bits per heavy atom. The topological polar surface area (TPSA) is 64.3 Å². The van der Waals surface area contributed by atoms with Crippen LogP contribution in [0.4, 0.5) is 5.69 Å². The van der Waals surface area contributed by atoms with Crippen LogP contribution in [0.1, 0.15) is 18.4 Å². The predicted molar refractivity (Wildman–Crippen MR) is 61.3 cm³/mol. The smallest absolute Gasteiger partial charge is 0.303 e. The summed E-state index contributed by atoms with van der Waals surface area (Å²) in [5, 5.41) is 17.2. The highest BCUT2D eigenvalue weighted by molar-refractivity contribution is 5.66. The summed E-state index contributed by atoms with van der Waals surface area (Å²) >= 11 is 0. The summed E-state index contributed by atoms with van der Waals surface area (Å²) in [6, 6.07) is 9.28. The van der Waals surface area contributed by atoms with Crippen molar-refractivity contribution in [3.8, 4) is 6.07 Å². The zero-order valence-electron chi connectivity index (χ0n) is 9.18. The number of anilines is 1. The highest BCUT2D eigenvalue weighted by Crippen LogP contribution is 2.13. The van der Waals surface area contributed by atoms with E-state index in [-0.39, 0.29) is 6.42 Å². The molecule has 0 heterocycles. The highest BCUT2D eigenvalue weighted by atomic mass is 16.4. The Morgan fingerprint density at radius 2 is 2.06 bits per heavy atom. The number of aliphatic carboxylic acids is 1. The maximum atomic E-state index is 10.3. The molecule has 4 heteroatoms. The van der Waals surface area contributed by atoms with Gasteiger partial charge in [-0.2, -0.15) is 5.26 Å². The largest absolute Gasteiger partial charge is 0.481 e. The molecule has 0 fully saturated rings. The summed E-state index contributed by atoms with van der Waals surface area (Å²) in [6.07, 6.45) is 0.798. The normalized spacial score (nSPS) is 9.50. The number of nitriles is 1. The van der Waals surface area contributed by atoms with Crippen molar-refractivity contribution in [2.45, 2.75) is 12.8 Å². The molecule has 0 saturated heterocycles. The number of carbonyl (C=O) groups is 1. The van der Waals surface area contributed by atoms with E-state index < -0.39 is 5.97 Å². The van der Waals surface area contributed by atoms with Crippen LogP contribution in [0.5, 0.6) is 0 Å². The Hall–Kier alpha value is -2.02. The van der Waals surface area contributed by atoms with Gasteiger partial charge >= 0.3 is 5.97 Å². The second kappa shape index (κ2) is 5.76. The predicted octanol–water partition coefficient (Wildman–Crippen LogP) is 1.86. The average molecular weight is 218 g/mol. The molecule has 0 atom stereocenters. The summed E-state index contributed by atoms with van der Waals surface area (Å²) in [4.78, 5) is 12.3. The minimum Gasteiger partial charge on any atom is -0.481 e. The van der Waals surface area contributed by atoms with Gasteiger partial charge in [0.05, 0.1) is 11.6 Å². The van der Waals surface area contributed by atoms with Crippen molar-refractivity contribution >= 4 is 11.7 Å². The van der Waals surface area contributed by atoms with Crippen molar-refractivity contribution in [1.82, 2.24) is 0 Å². The van der Waals surface area contributed by atoms with Crippen LogP contribution in [0.25, 0.3) is 0 Å². The van der Waals surface area contributed by atoms with E-state index in [1.54, 1.807) is 12.1 Å². The first-order chi connectivity index (χ1) is 7.63. The second-order valence-electron chi connectivity index (χ2n) is 3.58. The second-order valence-corrected chi connectivity index (χ2v) is 3.58. The van der Waals surface area contributed by atoms with Gasteiger partial charge in [-0.15, -0.1) is 0 Å². The summed E-state index contributed by atoms with van der Waals surface area (Å²) in [5.74, 6) is -0.770. The molecule has 0 aliphatic carbocycles. The lowest BCUT2D eigenvalue weighted by Gasteiger charge is -2.18. The van der Waals surface area contributed by atoms with Gasteiger partial charge < -0.3 is 10.0 Å². The first kappa shape index (κ1) is 12.1. The quantitative estimate of drug-likeness (QED) is 0.819. The first-order valence-corrected chi connectivity index (χ1v) is 5.06. The van der Waals surface area contributed by atoms with Crippen LogP contribution in [0.3, 0.4) is 0 Å². The monoisotopic (exact) mass is 218 g/mol. The minimum absolute atomic E-state index is 0.181. The molecule has 0 aliphatic rings. The molecule has 4 nitrogen and oxygen atoms in total. The van der Waals surface area contributed by atoms with E-state index in [1.807, 2.05) is 24.1 Å². The van der Waals surface area contributed by atoms with Gasteiger partial charge in [0.1, 0.15) is 0 Å². The van der Waals surface area contributed by atoms with E-state index in [0.717, 1.165) is 5.69 Å². The average Bonchev–Trinajstić information content (AvgIpc) is 2.28.